The molecule has 136 valence electrons. The molecule has 1 aromatic heterocycles. The number of hydrogen-bond acceptors (Lipinski definition) is 4. The van der Waals surface area contributed by atoms with Gasteiger partial charge in [-0.05, 0) is 37.5 Å². The Hall–Kier alpha value is -2.70. The van der Waals surface area contributed by atoms with Gasteiger partial charge in [0.05, 0.1) is 20.8 Å². The summed E-state index contributed by atoms with van der Waals surface area (Å²) in [5.41, 5.74) is 6.93. The minimum absolute atomic E-state index is 0.452. The van der Waals surface area contributed by atoms with Crippen LogP contribution >= 0.6 is 0 Å². The predicted molar refractivity (Wildman–Crippen MR) is 99.1 cm³/mol. The highest BCUT2D eigenvalue weighted by molar-refractivity contribution is 5.77. The van der Waals surface area contributed by atoms with Crippen LogP contribution in [0.15, 0.2) is 35.6 Å². The van der Waals surface area contributed by atoms with E-state index in [1.807, 2.05) is 37.5 Å². The van der Waals surface area contributed by atoms with Gasteiger partial charge in [0.2, 0.25) is 0 Å². The quantitative estimate of drug-likeness (QED) is 0.413. The van der Waals surface area contributed by atoms with Crippen LogP contribution in [-0.4, -0.2) is 36.3 Å². The standard InChI is InChI=1S/C18H27N5O2/c1-14-20-9-11-23(14)10-5-4-8-21-18(19)22-13-15-6-7-16(24-2)17(12-15)25-3/h6-7,9,11-12H,4-5,8,10,13H2,1-3H3,(H3,19,21,22). The highest BCUT2D eigenvalue weighted by Crippen LogP contribution is 2.27. The van der Waals surface area contributed by atoms with Gasteiger partial charge in [0, 0.05) is 25.5 Å². The highest BCUT2D eigenvalue weighted by Gasteiger charge is 2.04. The third-order valence-electron chi connectivity index (χ3n) is 3.94. The number of benzene rings is 1. The van der Waals surface area contributed by atoms with Crippen molar-refractivity contribution in [2.24, 2.45) is 10.7 Å². The lowest BCUT2D eigenvalue weighted by Gasteiger charge is -2.09. The molecule has 7 heteroatoms. The number of unbranched alkanes of at least 4 members (excludes halogenated alkanes) is 1. The minimum atomic E-state index is 0.452. The van der Waals surface area contributed by atoms with Crippen LogP contribution in [0.2, 0.25) is 0 Å². The molecule has 0 amide bonds. The van der Waals surface area contributed by atoms with Crippen LogP contribution in [0, 0.1) is 6.92 Å². The number of methoxy groups -OCH3 is 2. The van der Waals surface area contributed by atoms with Crippen LogP contribution in [0.5, 0.6) is 11.5 Å². The maximum Gasteiger partial charge on any atom is 0.188 e. The van der Waals surface area contributed by atoms with Crippen LogP contribution in [0.4, 0.5) is 0 Å². The number of guanidine groups is 1. The molecule has 0 aliphatic carbocycles. The number of nitrogens with one attached hydrogen (secondary N) is 1. The Kier molecular flexibility index (Phi) is 7.13. The zero-order valence-electron chi connectivity index (χ0n) is 15.2. The van der Waals surface area contributed by atoms with Gasteiger partial charge in [0.15, 0.2) is 17.5 Å². The summed E-state index contributed by atoms with van der Waals surface area (Å²) >= 11 is 0. The van der Waals surface area contributed by atoms with E-state index in [4.69, 9.17) is 15.2 Å². The molecule has 0 atom stereocenters. The van der Waals surface area contributed by atoms with E-state index in [0.29, 0.717) is 24.0 Å². The molecule has 0 unspecified atom stereocenters. The van der Waals surface area contributed by atoms with Gasteiger partial charge in [-0.15, -0.1) is 0 Å². The summed E-state index contributed by atoms with van der Waals surface area (Å²) < 4.78 is 12.7. The summed E-state index contributed by atoms with van der Waals surface area (Å²) in [6, 6.07) is 5.72. The van der Waals surface area contributed by atoms with E-state index in [1.54, 1.807) is 14.2 Å². The predicted octanol–water partition coefficient (Wildman–Crippen LogP) is 2.09. The zero-order chi connectivity index (χ0) is 18.1. The van der Waals surface area contributed by atoms with Crippen LogP contribution in [-0.2, 0) is 13.1 Å². The van der Waals surface area contributed by atoms with Crippen molar-refractivity contribution in [3.8, 4) is 11.5 Å². The summed E-state index contributed by atoms with van der Waals surface area (Å²) in [7, 11) is 3.23. The number of imidazole rings is 1. The second-order valence-corrected chi connectivity index (χ2v) is 5.69. The lowest BCUT2D eigenvalue weighted by Crippen LogP contribution is -2.32. The van der Waals surface area contributed by atoms with Crippen molar-refractivity contribution >= 4 is 5.96 Å². The van der Waals surface area contributed by atoms with Crippen LogP contribution in [0.3, 0.4) is 0 Å². The molecular weight excluding hydrogens is 318 g/mol. The number of aryl methyl sites for hydroxylation is 2. The monoisotopic (exact) mass is 345 g/mol. The Morgan fingerprint density at radius 3 is 2.72 bits per heavy atom. The van der Waals surface area contributed by atoms with Crippen LogP contribution in [0.1, 0.15) is 24.2 Å². The van der Waals surface area contributed by atoms with Crippen LogP contribution in [0.25, 0.3) is 0 Å². The topological polar surface area (TPSA) is 86.7 Å². The van der Waals surface area contributed by atoms with E-state index in [2.05, 4.69) is 19.9 Å². The minimum Gasteiger partial charge on any atom is -0.493 e. The van der Waals surface area contributed by atoms with E-state index in [-0.39, 0.29) is 0 Å². The number of ether oxygens (including phenoxy) is 2. The Morgan fingerprint density at radius 1 is 1.24 bits per heavy atom. The molecular formula is C18H27N5O2. The smallest absolute Gasteiger partial charge is 0.188 e. The van der Waals surface area contributed by atoms with E-state index in [1.165, 1.54) is 0 Å². The van der Waals surface area contributed by atoms with Crippen molar-refractivity contribution in [3.05, 3.63) is 42.0 Å². The van der Waals surface area contributed by atoms with Gasteiger partial charge in [0.1, 0.15) is 5.82 Å². The summed E-state index contributed by atoms with van der Waals surface area (Å²) in [6.07, 6.45) is 5.91. The average molecular weight is 345 g/mol. The van der Waals surface area contributed by atoms with Gasteiger partial charge in [0.25, 0.3) is 0 Å². The Morgan fingerprint density at radius 2 is 2.04 bits per heavy atom. The summed E-state index contributed by atoms with van der Waals surface area (Å²) in [5, 5.41) is 3.15. The van der Waals surface area contributed by atoms with Gasteiger partial charge in [-0.25, -0.2) is 9.98 Å². The van der Waals surface area contributed by atoms with Crippen molar-refractivity contribution in [3.63, 3.8) is 0 Å². The summed E-state index contributed by atoms with van der Waals surface area (Å²) in [4.78, 5) is 8.57. The molecule has 2 rings (SSSR count). The first-order valence-corrected chi connectivity index (χ1v) is 8.36. The molecule has 3 N–H and O–H groups in total. The maximum absolute atomic E-state index is 5.92. The first-order chi connectivity index (χ1) is 12.1. The maximum atomic E-state index is 5.92. The first kappa shape index (κ1) is 18.6. The number of rotatable bonds is 9. The molecule has 1 aromatic carbocycles. The number of aromatic nitrogens is 2. The number of nitrogens with zero attached hydrogens (tertiary/aromatic N) is 3. The van der Waals surface area contributed by atoms with Crippen molar-refractivity contribution < 1.29 is 9.47 Å². The van der Waals surface area contributed by atoms with Crippen molar-refractivity contribution in [1.82, 2.24) is 14.9 Å². The SMILES string of the molecule is COc1ccc(CN=C(N)NCCCCn2ccnc2C)cc1OC. The number of hydrogen-bond donors (Lipinski definition) is 2. The third kappa shape index (κ3) is 5.70. The molecule has 2 aromatic rings. The fourth-order valence-corrected chi connectivity index (χ4v) is 2.47. The molecule has 0 aliphatic heterocycles. The molecule has 25 heavy (non-hydrogen) atoms. The summed E-state index contributed by atoms with van der Waals surface area (Å²) in [6.45, 7) is 4.27. The normalized spacial score (nSPS) is 11.4. The summed E-state index contributed by atoms with van der Waals surface area (Å²) in [5.74, 6) is 2.89. The van der Waals surface area contributed by atoms with Gasteiger partial charge in [-0.2, -0.15) is 0 Å². The molecule has 0 aliphatic rings. The fraction of sp³-hybridized carbons (Fsp3) is 0.444. The number of nitrogens with two attached hydrogens (primary N) is 1. The molecule has 0 fully saturated rings. The molecule has 0 spiro atoms. The van der Waals surface area contributed by atoms with Crippen LogP contribution < -0.4 is 20.5 Å². The van der Waals surface area contributed by atoms with Gasteiger partial charge >= 0.3 is 0 Å². The number of aliphatic imine (C=N–C) groups is 1. The fourth-order valence-electron chi connectivity index (χ4n) is 2.47. The first-order valence-electron chi connectivity index (χ1n) is 8.36. The second-order valence-electron chi connectivity index (χ2n) is 5.69. The third-order valence-corrected chi connectivity index (χ3v) is 3.94. The van der Waals surface area contributed by atoms with Gasteiger partial charge in [-0.1, -0.05) is 6.07 Å². The van der Waals surface area contributed by atoms with E-state index in [9.17, 15) is 0 Å². The molecule has 7 nitrogen and oxygen atoms in total. The van der Waals surface area contributed by atoms with Crippen molar-refractivity contribution in [1.29, 1.82) is 0 Å². The van der Waals surface area contributed by atoms with E-state index in [0.717, 1.165) is 37.3 Å². The molecule has 0 saturated carbocycles. The van der Waals surface area contributed by atoms with Crippen molar-refractivity contribution in [2.75, 3.05) is 20.8 Å². The van der Waals surface area contributed by atoms with Gasteiger partial charge in [-0.3, -0.25) is 0 Å². The molecule has 0 radical (unpaired) electrons. The molecule has 1 heterocycles. The van der Waals surface area contributed by atoms with E-state index < -0.39 is 0 Å². The second kappa shape index (κ2) is 9.56. The molecule has 0 bridgehead atoms. The van der Waals surface area contributed by atoms with Gasteiger partial charge < -0.3 is 25.1 Å². The zero-order valence-corrected chi connectivity index (χ0v) is 15.2. The molecule has 0 saturated heterocycles. The lowest BCUT2D eigenvalue weighted by molar-refractivity contribution is 0.354. The average Bonchev–Trinajstić information content (AvgIpc) is 3.04. The Balaban J connectivity index is 1.71. The Labute approximate surface area is 148 Å². The Bertz CT molecular complexity index is 697. The van der Waals surface area contributed by atoms with E-state index >= 15 is 0 Å². The lowest BCUT2D eigenvalue weighted by atomic mass is 10.2. The largest absolute Gasteiger partial charge is 0.493 e. The highest BCUT2D eigenvalue weighted by atomic mass is 16.5. The van der Waals surface area contributed by atoms with Crippen molar-refractivity contribution in [2.45, 2.75) is 32.9 Å².